The Hall–Kier alpha value is -1.99. The second-order valence-electron chi connectivity index (χ2n) is 7.06. The lowest BCUT2D eigenvalue weighted by Crippen LogP contribution is -2.54. The Morgan fingerprint density at radius 2 is 1.96 bits per heavy atom. The fourth-order valence-electron chi connectivity index (χ4n) is 3.73. The molecule has 1 saturated heterocycles. The average molecular weight is 429 g/mol. The number of nitrogens with zero attached hydrogens (tertiary/aromatic N) is 1. The van der Waals surface area contributed by atoms with Crippen molar-refractivity contribution in [3.8, 4) is 5.75 Å². The molecule has 3 rings (SSSR count). The van der Waals surface area contributed by atoms with E-state index >= 15 is 0 Å². The highest BCUT2D eigenvalue weighted by atomic mass is 35.5. The zero-order chi connectivity index (χ0) is 20.3. The summed E-state index contributed by atoms with van der Waals surface area (Å²) in [6, 6.07) is 4.41. The fourth-order valence-corrected chi connectivity index (χ4v) is 4.24. The number of nitrogens with one attached hydrogen (secondary N) is 1. The zero-order valence-corrected chi connectivity index (χ0v) is 17.0. The molecule has 9 heteroatoms. The number of rotatable bonds is 6. The van der Waals surface area contributed by atoms with Gasteiger partial charge in [0.2, 0.25) is 0 Å². The summed E-state index contributed by atoms with van der Waals surface area (Å²) >= 11 is 12.0. The zero-order valence-electron chi connectivity index (χ0n) is 15.5. The summed E-state index contributed by atoms with van der Waals surface area (Å²) in [7, 11) is 0. The maximum absolute atomic E-state index is 12.8. The molecule has 2 fully saturated rings. The van der Waals surface area contributed by atoms with Crippen LogP contribution in [-0.2, 0) is 14.3 Å². The van der Waals surface area contributed by atoms with Crippen molar-refractivity contribution in [3.05, 3.63) is 28.2 Å². The number of carbonyl (C=O) groups excluding carboxylic acids is 3. The summed E-state index contributed by atoms with van der Waals surface area (Å²) in [5, 5.41) is 3.50. The third-order valence-corrected chi connectivity index (χ3v) is 5.90. The molecule has 0 bridgehead atoms. The molecular formula is C19H22Cl2N2O5. The van der Waals surface area contributed by atoms with Crippen molar-refractivity contribution in [1.29, 1.82) is 0 Å². The van der Waals surface area contributed by atoms with Gasteiger partial charge in [0.1, 0.15) is 25.3 Å². The van der Waals surface area contributed by atoms with E-state index in [0.29, 0.717) is 22.2 Å². The molecule has 1 saturated carbocycles. The van der Waals surface area contributed by atoms with Crippen molar-refractivity contribution in [2.75, 3.05) is 19.8 Å². The summed E-state index contributed by atoms with van der Waals surface area (Å²) in [4.78, 5) is 38.1. The van der Waals surface area contributed by atoms with E-state index in [4.69, 9.17) is 32.7 Å². The number of benzene rings is 1. The molecule has 7 nitrogen and oxygen atoms in total. The first-order valence-electron chi connectivity index (χ1n) is 9.21. The lowest BCUT2D eigenvalue weighted by atomic mass is 9.73. The predicted molar refractivity (Wildman–Crippen MR) is 104 cm³/mol. The van der Waals surface area contributed by atoms with Gasteiger partial charge in [-0.25, -0.2) is 4.79 Å². The van der Waals surface area contributed by atoms with Gasteiger partial charge in [0.15, 0.2) is 5.75 Å². The SMILES string of the molecule is CC1CCCCC12NC(=O)N(CC(=O)OCCOc1c(Cl)cccc1Cl)C2=O. The highest BCUT2D eigenvalue weighted by Gasteiger charge is 2.55. The first-order valence-corrected chi connectivity index (χ1v) is 9.97. The molecule has 1 heterocycles. The molecule has 0 radical (unpaired) electrons. The first kappa shape index (κ1) is 20.7. The van der Waals surface area contributed by atoms with Gasteiger partial charge in [-0.05, 0) is 30.9 Å². The van der Waals surface area contributed by atoms with Gasteiger partial charge in [-0.15, -0.1) is 0 Å². The van der Waals surface area contributed by atoms with Crippen molar-refractivity contribution >= 4 is 41.1 Å². The summed E-state index contributed by atoms with van der Waals surface area (Å²) < 4.78 is 10.5. The number of amides is 3. The van der Waals surface area contributed by atoms with Crippen LogP contribution < -0.4 is 10.1 Å². The Kier molecular flexibility index (Phi) is 6.35. The predicted octanol–water partition coefficient (Wildman–Crippen LogP) is 3.42. The number of imide groups is 1. The van der Waals surface area contributed by atoms with Crippen LogP contribution in [0.25, 0.3) is 0 Å². The summed E-state index contributed by atoms with van der Waals surface area (Å²) in [6.45, 7) is 1.50. The molecule has 2 unspecified atom stereocenters. The van der Waals surface area contributed by atoms with Crippen molar-refractivity contribution in [2.24, 2.45) is 5.92 Å². The van der Waals surface area contributed by atoms with E-state index in [9.17, 15) is 14.4 Å². The van der Waals surface area contributed by atoms with Crippen LogP contribution in [0.4, 0.5) is 4.79 Å². The second kappa shape index (κ2) is 8.57. The number of urea groups is 1. The van der Waals surface area contributed by atoms with Gasteiger partial charge in [0.25, 0.3) is 5.91 Å². The van der Waals surface area contributed by atoms with E-state index in [1.165, 1.54) is 0 Å². The normalized spacial score (nSPS) is 24.4. The van der Waals surface area contributed by atoms with Gasteiger partial charge in [-0.1, -0.05) is 49.0 Å². The molecular weight excluding hydrogens is 407 g/mol. The van der Waals surface area contributed by atoms with Crippen molar-refractivity contribution in [1.82, 2.24) is 10.2 Å². The van der Waals surface area contributed by atoms with Crippen LogP contribution >= 0.6 is 23.2 Å². The maximum atomic E-state index is 12.8. The number of carbonyl (C=O) groups is 3. The van der Waals surface area contributed by atoms with E-state index in [2.05, 4.69) is 5.32 Å². The third kappa shape index (κ3) is 4.05. The minimum Gasteiger partial charge on any atom is -0.487 e. The van der Waals surface area contributed by atoms with Gasteiger partial charge in [0, 0.05) is 0 Å². The summed E-state index contributed by atoms with van der Waals surface area (Å²) in [5.74, 6) is -0.685. The quantitative estimate of drug-likeness (QED) is 0.426. The molecule has 1 aromatic carbocycles. The van der Waals surface area contributed by atoms with Crippen LogP contribution in [0, 0.1) is 5.92 Å². The lowest BCUT2D eigenvalue weighted by Gasteiger charge is -2.36. The number of ether oxygens (including phenoxy) is 2. The molecule has 152 valence electrons. The third-order valence-electron chi connectivity index (χ3n) is 5.30. The lowest BCUT2D eigenvalue weighted by molar-refractivity contribution is -0.149. The number of hydrogen-bond acceptors (Lipinski definition) is 5. The minimum absolute atomic E-state index is 0.0347. The largest absolute Gasteiger partial charge is 0.487 e. The van der Waals surface area contributed by atoms with E-state index in [0.717, 1.165) is 24.2 Å². The molecule has 1 N–H and O–H groups in total. The monoisotopic (exact) mass is 428 g/mol. The van der Waals surface area contributed by atoms with Crippen LogP contribution in [0.1, 0.15) is 32.6 Å². The highest BCUT2D eigenvalue weighted by molar-refractivity contribution is 6.37. The molecule has 3 amide bonds. The summed E-state index contributed by atoms with van der Waals surface area (Å²) in [5.41, 5.74) is -0.889. The van der Waals surface area contributed by atoms with Gasteiger partial charge in [-0.2, -0.15) is 0 Å². The smallest absolute Gasteiger partial charge is 0.326 e. The average Bonchev–Trinajstić information content (AvgIpc) is 2.88. The highest BCUT2D eigenvalue weighted by Crippen LogP contribution is 2.38. The van der Waals surface area contributed by atoms with Gasteiger partial charge in [-0.3, -0.25) is 14.5 Å². The number of para-hydroxylation sites is 1. The van der Waals surface area contributed by atoms with Crippen LogP contribution in [0.3, 0.4) is 0 Å². The van der Waals surface area contributed by atoms with Crippen LogP contribution in [0.2, 0.25) is 10.0 Å². The van der Waals surface area contributed by atoms with Gasteiger partial charge >= 0.3 is 12.0 Å². The van der Waals surface area contributed by atoms with E-state index in [-0.39, 0.29) is 25.0 Å². The number of halogens is 2. The number of hydrogen-bond donors (Lipinski definition) is 1. The Morgan fingerprint density at radius 1 is 1.25 bits per heavy atom. The Morgan fingerprint density at radius 3 is 2.64 bits per heavy atom. The molecule has 1 aliphatic heterocycles. The molecule has 28 heavy (non-hydrogen) atoms. The Labute approximate surface area is 173 Å². The van der Waals surface area contributed by atoms with Gasteiger partial charge < -0.3 is 14.8 Å². The van der Waals surface area contributed by atoms with Crippen LogP contribution in [-0.4, -0.2) is 48.1 Å². The van der Waals surface area contributed by atoms with E-state index < -0.39 is 24.1 Å². The molecule has 1 aromatic rings. The van der Waals surface area contributed by atoms with Crippen molar-refractivity contribution < 1.29 is 23.9 Å². The van der Waals surface area contributed by atoms with E-state index in [1.54, 1.807) is 18.2 Å². The first-order chi connectivity index (χ1) is 13.3. The van der Waals surface area contributed by atoms with Gasteiger partial charge in [0.05, 0.1) is 10.0 Å². The molecule has 0 aromatic heterocycles. The molecule has 2 aliphatic rings. The second-order valence-corrected chi connectivity index (χ2v) is 7.87. The standard InChI is InChI=1S/C19H22Cl2N2O5/c1-12-5-2-3-8-19(12)17(25)23(18(26)22-19)11-15(24)27-9-10-28-16-13(20)6-4-7-14(16)21/h4,6-7,12H,2-3,5,8-11H2,1H3,(H,22,26). The van der Waals surface area contributed by atoms with Crippen molar-refractivity contribution in [2.45, 2.75) is 38.1 Å². The van der Waals surface area contributed by atoms with Crippen LogP contribution in [0.15, 0.2) is 18.2 Å². The van der Waals surface area contributed by atoms with Crippen LogP contribution in [0.5, 0.6) is 5.75 Å². The van der Waals surface area contributed by atoms with Crippen molar-refractivity contribution in [3.63, 3.8) is 0 Å². The van der Waals surface area contributed by atoms with E-state index in [1.807, 2.05) is 6.92 Å². The molecule has 1 spiro atoms. The minimum atomic E-state index is -0.889. The summed E-state index contributed by atoms with van der Waals surface area (Å²) in [6.07, 6.45) is 3.36. The topological polar surface area (TPSA) is 84.9 Å². The Balaban J connectivity index is 1.50. The Bertz CT molecular complexity index is 767. The maximum Gasteiger partial charge on any atom is 0.326 e. The molecule has 2 atom stereocenters. The fraction of sp³-hybridized carbons (Fsp3) is 0.526. The number of esters is 1. The molecule has 1 aliphatic carbocycles.